The molecule has 0 aliphatic heterocycles. The van der Waals surface area contributed by atoms with Crippen molar-refractivity contribution in [3.05, 3.63) is 47.2 Å². The average molecular weight is 361 g/mol. The van der Waals surface area contributed by atoms with E-state index in [4.69, 9.17) is 4.74 Å². The van der Waals surface area contributed by atoms with E-state index < -0.39 is 0 Å². The molecule has 1 aromatic carbocycles. The summed E-state index contributed by atoms with van der Waals surface area (Å²) in [4.78, 5) is 20.6. The Labute approximate surface area is 149 Å². The van der Waals surface area contributed by atoms with Crippen molar-refractivity contribution in [1.29, 1.82) is 0 Å². The fourth-order valence-corrected chi connectivity index (χ4v) is 3.76. The van der Waals surface area contributed by atoms with Gasteiger partial charge >= 0.3 is 0 Å². The highest BCUT2D eigenvalue weighted by molar-refractivity contribution is 7.98. The SMILES string of the molecule is COc1cc(CN(C)C(=O)Cc2cn3ccsc3n2)ccc1SC. The van der Waals surface area contributed by atoms with Crippen LogP contribution in [0.5, 0.6) is 5.75 Å². The third-order valence-electron chi connectivity index (χ3n) is 3.77. The lowest BCUT2D eigenvalue weighted by molar-refractivity contribution is -0.129. The number of aromatic nitrogens is 2. The monoisotopic (exact) mass is 361 g/mol. The fraction of sp³-hybridized carbons (Fsp3) is 0.294. The van der Waals surface area contributed by atoms with Crippen molar-refractivity contribution < 1.29 is 9.53 Å². The van der Waals surface area contributed by atoms with Crippen LogP contribution in [0, 0.1) is 0 Å². The summed E-state index contributed by atoms with van der Waals surface area (Å²) >= 11 is 3.21. The lowest BCUT2D eigenvalue weighted by Gasteiger charge is -2.18. The number of benzene rings is 1. The molecule has 0 bridgehead atoms. The summed E-state index contributed by atoms with van der Waals surface area (Å²) in [5.41, 5.74) is 1.85. The van der Waals surface area contributed by atoms with Gasteiger partial charge in [-0.1, -0.05) is 6.07 Å². The first-order valence-corrected chi connectivity index (χ1v) is 9.57. The quantitative estimate of drug-likeness (QED) is 0.632. The van der Waals surface area contributed by atoms with E-state index in [1.807, 2.05) is 53.7 Å². The van der Waals surface area contributed by atoms with E-state index in [-0.39, 0.29) is 5.91 Å². The average Bonchev–Trinajstić information content (AvgIpc) is 3.15. The number of nitrogens with zero attached hydrogens (tertiary/aromatic N) is 3. The highest BCUT2D eigenvalue weighted by Crippen LogP contribution is 2.28. The molecule has 0 atom stereocenters. The van der Waals surface area contributed by atoms with E-state index in [0.29, 0.717) is 13.0 Å². The number of fused-ring (bicyclic) bond motifs is 1. The van der Waals surface area contributed by atoms with Crippen molar-refractivity contribution in [2.24, 2.45) is 0 Å². The number of thiazole rings is 1. The molecular weight excluding hydrogens is 342 g/mol. The van der Waals surface area contributed by atoms with E-state index in [0.717, 1.165) is 26.9 Å². The fourth-order valence-electron chi connectivity index (χ4n) is 2.49. The molecule has 0 radical (unpaired) electrons. The number of ether oxygens (including phenoxy) is 1. The largest absolute Gasteiger partial charge is 0.496 e. The Morgan fingerprint density at radius 3 is 3.00 bits per heavy atom. The minimum absolute atomic E-state index is 0.0497. The van der Waals surface area contributed by atoms with Gasteiger partial charge in [-0.05, 0) is 24.0 Å². The second-order valence-corrected chi connectivity index (χ2v) is 7.16. The molecule has 24 heavy (non-hydrogen) atoms. The third-order valence-corrected chi connectivity index (χ3v) is 5.32. The zero-order chi connectivity index (χ0) is 17.1. The van der Waals surface area contributed by atoms with Crippen molar-refractivity contribution in [2.45, 2.75) is 17.9 Å². The van der Waals surface area contributed by atoms with Crippen molar-refractivity contribution in [1.82, 2.24) is 14.3 Å². The Hall–Kier alpha value is -1.99. The van der Waals surface area contributed by atoms with Gasteiger partial charge < -0.3 is 9.64 Å². The zero-order valence-corrected chi connectivity index (χ0v) is 15.5. The van der Waals surface area contributed by atoms with E-state index in [2.05, 4.69) is 4.98 Å². The summed E-state index contributed by atoms with van der Waals surface area (Å²) < 4.78 is 7.35. The first kappa shape index (κ1) is 16.9. The standard InChI is InChI=1S/C17H19N3O2S2/c1-19(10-12-4-5-15(23-3)14(8-12)22-2)16(21)9-13-11-20-6-7-24-17(20)18-13/h4-8,11H,9-10H2,1-3H3. The summed E-state index contributed by atoms with van der Waals surface area (Å²) in [5, 5.41) is 1.98. The Bertz CT molecular complexity index is 828. The lowest BCUT2D eigenvalue weighted by atomic mass is 10.2. The highest BCUT2D eigenvalue weighted by atomic mass is 32.2. The number of rotatable bonds is 6. The predicted octanol–water partition coefficient (Wildman–Crippen LogP) is 3.33. The second kappa shape index (κ2) is 7.27. The smallest absolute Gasteiger partial charge is 0.228 e. The Balaban J connectivity index is 1.66. The van der Waals surface area contributed by atoms with Crippen LogP contribution in [0.2, 0.25) is 0 Å². The Morgan fingerprint density at radius 2 is 2.29 bits per heavy atom. The molecule has 0 saturated heterocycles. The number of likely N-dealkylation sites (N-methyl/N-ethyl adjacent to an activating group) is 1. The maximum absolute atomic E-state index is 12.4. The van der Waals surface area contributed by atoms with Crippen LogP contribution in [-0.2, 0) is 17.8 Å². The molecule has 3 aromatic rings. The number of carbonyl (C=O) groups excluding carboxylic acids is 1. The van der Waals surface area contributed by atoms with Crippen LogP contribution in [0.4, 0.5) is 0 Å². The molecule has 2 heterocycles. The molecule has 126 valence electrons. The van der Waals surface area contributed by atoms with Gasteiger partial charge in [-0.2, -0.15) is 0 Å². The van der Waals surface area contributed by atoms with Crippen LogP contribution in [0.25, 0.3) is 4.96 Å². The van der Waals surface area contributed by atoms with Crippen LogP contribution in [-0.4, -0.2) is 40.6 Å². The minimum Gasteiger partial charge on any atom is -0.496 e. The van der Waals surface area contributed by atoms with Crippen LogP contribution >= 0.6 is 23.1 Å². The first-order valence-electron chi connectivity index (χ1n) is 7.46. The topological polar surface area (TPSA) is 46.8 Å². The van der Waals surface area contributed by atoms with Gasteiger partial charge in [0.1, 0.15) is 5.75 Å². The summed E-state index contributed by atoms with van der Waals surface area (Å²) in [5.74, 6) is 0.892. The number of amides is 1. The number of thioether (sulfide) groups is 1. The Kier molecular flexibility index (Phi) is 5.11. The summed E-state index contributed by atoms with van der Waals surface area (Å²) in [6, 6.07) is 6.05. The molecule has 7 heteroatoms. The van der Waals surface area contributed by atoms with E-state index in [1.165, 1.54) is 0 Å². The zero-order valence-electron chi connectivity index (χ0n) is 13.9. The van der Waals surface area contributed by atoms with Gasteiger partial charge in [0.15, 0.2) is 4.96 Å². The van der Waals surface area contributed by atoms with Gasteiger partial charge in [-0.3, -0.25) is 9.20 Å². The minimum atomic E-state index is 0.0497. The number of imidazole rings is 1. The molecule has 0 aliphatic rings. The molecule has 0 N–H and O–H groups in total. The van der Waals surface area contributed by atoms with Crippen LogP contribution < -0.4 is 4.74 Å². The number of carbonyl (C=O) groups is 1. The van der Waals surface area contributed by atoms with Crippen molar-refractivity contribution in [3.63, 3.8) is 0 Å². The van der Waals surface area contributed by atoms with Gasteiger partial charge in [0.25, 0.3) is 0 Å². The molecule has 2 aromatic heterocycles. The number of hydrogen-bond donors (Lipinski definition) is 0. The molecule has 0 aliphatic carbocycles. The highest BCUT2D eigenvalue weighted by Gasteiger charge is 2.14. The predicted molar refractivity (Wildman–Crippen MR) is 98.0 cm³/mol. The molecule has 0 fully saturated rings. The van der Waals surface area contributed by atoms with E-state index >= 15 is 0 Å². The maximum atomic E-state index is 12.4. The number of hydrogen-bond acceptors (Lipinski definition) is 5. The molecular formula is C17H19N3O2S2. The van der Waals surface area contributed by atoms with Gasteiger partial charge in [0, 0.05) is 36.3 Å². The lowest BCUT2D eigenvalue weighted by Crippen LogP contribution is -2.27. The third kappa shape index (κ3) is 3.57. The second-order valence-electron chi connectivity index (χ2n) is 5.44. The molecule has 5 nitrogen and oxygen atoms in total. The van der Waals surface area contributed by atoms with Gasteiger partial charge in [-0.25, -0.2) is 4.98 Å². The molecule has 0 saturated carbocycles. The summed E-state index contributed by atoms with van der Waals surface area (Å²) in [6.45, 7) is 0.548. The van der Waals surface area contributed by atoms with Crippen LogP contribution in [0.1, 0.15) is 11.3 Å². The van der Waals surface area contributed by atoms with Crippen molar-refractivity contribution in [3.8, 4) is 5.75 Å². The first-order chi connectivity index (χ1) is 11.6. The summed E-state index contributed by atoms with van der Waals surface area (Å²) in [6.07, 6.45) is 6.19. The number of methoxy groups -OCH3 is 1. The van der Waals surface area contributed by atoms with Crippen LogP contribution in [0.3, 0.4) is 0 Å². The van der Waals surface area contributed by atoms with Crippen molar-refractivity contribution in [2.75, 3.05) is 20.4 Å². The molecule has 0 unspecified atom stereocenters. The molecule has 3 rings (SSSR count). The van der Waals surface area contributed by atoms with Gasteiger partial charge in [-0.15, -0.1) is 23.1 Å². The van der Waals surface area contributed by atoms with Gasteiger partial charge in [0.2, 0.25) is 5.91 Å². The summed E-state index contributed by atoms with van der Waals surface area (Å²) in [7, 11) is 3.48. The Morgan fingerprint density at radius 1 is 1.46 bits per heavy atom. The van der Waals surface area contributed by atoms with Crippen LogP contribution in [0.15, 0.2) is 40.9 Å². The van der Waals surface area contributed by atoms with E-state index in [9.17, 15) is 4.79 Å². The normalized spacial score (nSPS) is 11.0. The van der Waals surface area contributed by atoms with Crippen molar-refractivity contribution >= 4 is 34.0 Å². The molecule has 0 spiro atoms. The molecule has 1 amide bonds. The van der Waals surface area contributed by atoms with Gasteiger partial charge in [0.05, 0.1) is 19.2 Å². The maximum Gasteiger partial charge on any atom is 0.228 e. The van der Waals surface area contributed by atoms with E-state index in [1.54, 1.807) is 35.1 Å².